The van der Waals surface area contributed by atoms with Gasteiger partial charge in [0.25, 0.3) is 0 Å². The quantitative estimate of drug-likeness (QED) is 0.0294. The molecular weight excluding hydrogens is 677 g/mol. The van der Waals surface area contributed by atoms with Crippen molar-refractivity contribution in [1.82, 2.24) is 10.2 Å². The molecule has 312 valence electrons. The lowest BCUT2D eigenvalue weighted by Crippen LogP contribution is -2.61. The van der Waals surface area contributed by atoms with E-state index < -0.39 is 12.2 Å². The Bertz CT molecular complexity index is 1000. The number of likely N-dealkylation sites (tertiary alicyclic amines) is 1. The van der Waals surface area contributed by atoms with Crippen molar-refractivity contribution in [1.29, 1.82) is 0 Å². The number of hydrogen-bond donors (Lipinski definition) is 1. The lowest BCUT2D eigenvalue weighted by Gasteiger charge is -2.41. The van der Waals surface area contributed by atoms with Crippen molar-refractivity contribution in [2.24, 2.45) is 0 Å². The molecule has 1 saturated heterocycles. The van der Waals surface area contributed by atoms with Crippen LogP contribution in [0, 0.1) is 0 Å². The van der Waals surface area contributed by atoms with Gasteiger partial charge in [0, 0.05) is 32.0 Å². The van der Waals surface area contributed by atoms with E-state index in [2.05, 4.69) is 74.4 Å². The summed E-state index contributed by atoms with van der Waals surface area (Å²) in [6.45, 7) is 10.0. The highest BCUT2D eigenvalue weighted by Crippen LogP contribution is 2.14. The van der Waals surface area contributed by atoms with Crippen LogP contribution in [0.1, 0.15) is 195 Å². The molecule has 54 heavy (non-hydrogen) atoms. The molecule has 1 amide bonds. The van der Waals surface area contributed by atoms with Gasteiger partial charge in [0.15, 0.2) is 6.10 Å². The minimum atomic E-state index is -0.825. The van der Waals surface area contributed by atoms with Crippen molar-refractivity contribution in [3.05, 3.63) is 36.5 Å². The maximum Gasteiger partial charge on any atom is 0.407 e. The first-order valence-corrected chi connectivity index (χ1v) is 22.3. The summed E-state index contributed by atoms with van der Waals surface area (Å²) >= 11 is 0. The molecule has 1 aliphatic rings. The number of rotatable bonds is 36. The lowest BCUT2D eigenvalue weighted by atomic mass is 10.1. The molecule has 1 unspecified atom stereocenters. The number of esters is 2. The van der Waals surface area contributed by atoms with Gasteiger partial charge in [-0.2, -0.15) is 0 Å². The number of nitrogens with zero attached hydrogens (tertiary/aromatic N) is 1. The van der Waals surface area contributed by atoms with Crippen LogP contribution in [0.3, 0.4) is 0 Å². The fourth-order valence-corrected chi connectivity index (χ4v) is 6.44. The Morgan fingerprint density at radius 2 is 1.00 bits per heavy atom. The summed E-state index contributed by atoms with van der Waals surface area (Å²) in [6.07, 6.45) is 40.8. The first kappa shape index (κ1) is 49.4. The molecule has 0 saturated carbocycles. The van der Waals surface area contributed by atoms with Gasteiger partial charge in [0.2, 0.25) is 0 Å². The maximum atomic E-state index is 12.7. The summed E-state index contributed by atoms with van der Waals surface area (Å²) in [4.78, 5) is 39.9. The molecular formula is C46H82N2O6. The predicted molar refractivity (Wildman–Crippen MR) is 225 cm³/mol. The first-order valence-electron chi connectivity index (χ1n) is 22.3. The van der Waals surface area contributed by atoms with Gasteiger partial charge in [-0.1, -0.05) is 134 Å². The maximum absolute atomic E-state index is 12.7. The zero-order valence-electron chi connectivity index (χ0n) is 35.3. The largest absolute Gasteiger partial charge is 0.462 e. The molecule has 0 aromatic carbocycles. The van der Waals surface area contributed by atoms with Crippen LogP contribution < -0.4 is 5.32 Å². The number of nitrogens with one attached hydrogen (secondary N) is 1. The van der Waals surface area contributed by atoms with E-state index in [0.29, 0.717) is 18.9 Å². The molecule has 0 aliphatic carbocycles. The number of carbonyl (C=O) groups is 3. The Morgan fingerprint density at radius 1 is 0.574 bits per heavy atom. The van der Waals surface area contributed by atoms with E-state index in [1.165, 1.54) is 77.0 Å². The highest BCUT2D eigenvalue weighted by molar-refractivity contribution is 5.70. The highest BCUT2D eigenvalue weighted by atomic mass is 16.6. The molecule has 1 fully saturated rings. The molecule has 0 aromatic rings. The van der Waals surface area contributed by atoms with Crippen LogP contribution >= 0.6 is 0 Å². The van der Waals surface area contributed by atoms with Gasteiger partial charge in [-0.3, -0.25) is 14.5 Å². The number of alkyl carbamates (subject to hydrolysis) is 1. The smallest absolute Gasteiger partial charge is 0.407 e. The zero-order chi connectivity index (χ0) is 39.3. The Balaban J connectivity index is 2.26. The number of unbranched alkanes of at least 4 members (excludes halogenated alkanes) is 19. The first-order chi connectivity index (χ1) is 26.3. The van der Waals surface area contributed by atoms with Crippen LogP contribution in [0.5, 0.6) is 0 Å². The Kier molecular flexibility index (Phi) is 33.0. The zero-order valence-corrected chi connectivity index (χ0v) is 35.3. The fraction of sp³-hybridized carbons (Fsp3) is 0.804. The Morgan fingerprint density at radius 3 is 1.54 bits per heavy atom. The fourth-order valence-electron chi connectivity index (χ4n) is 6.44. The van der Waals surface area contributed by atoms with Crippen molar-refractivity contribution < 1.29 is 28.6 Å². The normalized spacial score (nSPS) is 14.3. The monoisotopic (exact) mass is 759 g/mol. The third-order valence-electron chi connectivity index (χ3n) is 10.1. The van der Waals surface area contributed by atoms with E-state index in [9.17, 15) is 14.4 Å². The molecule has 1 heterocycles. The van der Waals surface area contributed by atoms with E-state index in [4.69, 9.17) is 14.2 Å². The van der Waals surface area contributed by atoms with Gasteiger partial charge < -0.3 is 19.5 Å². The minimum absolute atomic E-state index is 0.0450. The molecule has 8 nitrogen and oxygen atoms in total. The summed E-state index contributed by atoms with van der Waals surface area (Å²) in [5.41, 5.74) is 0. The van der Waals surface area contributed by atoms with Crippen molar-refractivity contribution in [3.8, 4) is 0 Å². The van der Waals surface area contributed by atoms with Gasteiger partial charge >= 0.3 is 18.0 Å². The SMILES string of the molecule is CCCCC/C=C\C/C=C\CCCCCCCC(=O)OCC(COC(=O)NC1CN(C(C)C)C1)OC(=O)CCCCCCC/C=C\CCCCCCCC. The molecule has 1 aliphatic heterocycles. The molecule has 8 heteroatoms. The second kappa shape index (κ2) is 36.1. The third-order valence-corrected chi connectivity index (χ3v) is 10.1. The minimum Gasteiger partial charge on any atom is -0.462 e. The second-order valence-corrected chi connectivity index (χ2v) is 15.6. The van der Waals surface area contributed by atoms with Gasteiger partial charge in [-0.25, -0.2) is 4.79 Å². The Labute approximate surface area is 331 Å². The van der Waals surface area contributed by atoms with Gasteiger partial charge in [-0.05, 0) is 84.5 Å². The average molecular weight is 759 g/mol. The van der Waals surface area contributed by atoms with Crippen molar-refractivity contribution in [2.75, 3.05) is 26.3 Å². The number of amides is 1. The number of hydrogen-bond acceptors (Lipinski definition) is 7. The summed E-state index contributed by atoms with van der Waals surface area (Å²) in [7, 11) is 0. The van der Waals surface area contributed by atoms with Crippen LogP contribution in [-0.4, -0.2) is 67.4 Å². The summed E-state index contributed by atoms with van der Waals surface area (Å²) in [6, 6.07) is 0.479. The van der Waals surface area contributed by atoms with E-state index in [0.717, 1.165) is 90.1 Å². The molecule has 1 N–H and O–H groups in total. The van der Waals surface area contributed by atoms with E-state index in [-0.39, 0.29) is 31.2 Å². The summed E-state index contributed by atoms with van der Waals surface area (Å²) in [5.74, 6) is -0.662. The molecule has 0 spiro atoms. The van der Waals surface area contributed by atoms with Gasteiger partial charge in [-0.15, -0.1) is 0 Å². The van der Waals surface area contributed by atoms with Crippen molar-refractivity contribution in [2.45, 2.75) is 213 Å². The van der Waals surface area contributed by atoms with Gasteiger partial charge in [0.05, 0.1) is 6.04 Å². The summed E-state index contributed by atoms with van der Waals surface area (Å²) in [5, 5.41) is 2.87. The standard InChI is InChI=1S/C46H82N2O6/c1-5-7-9-11-13-15-17-19-21-23-25-27-29-31-33-35-44(49)52-39-43(40-53-46(51)47-42-37-48(38-42)41(3)4)54-45(50)36-34-32-30-28-26-24-22-20-18-16-14-12-10-8-6-2/h13,15,19-22,41-43H,5-12,14,16-18,23-40H2,1-4H3,(H,47,51)/b15-13-,21-19-,22-20-. The van der Waals surface area contributed by atoms with Crippen molar-refractivity contribution >= 4 is 18.0 Å². The lowest BCUT2D eigenvalue weighted by molar-refractivity contribution is -0.161. The molecule has 1 atom stereocenters. The van der Waals surface area contributed by atoms with E-state index >= 15 is 0 Å². The number of ether oxygens (including phenoxy) is 3. The number of carbonyl (C=O) groups excluding carboxylic acids is 3. The van der Waals surface area contributed by atoms with Crippen LogP contribution in [-0.2, 0) is 23.8 Å². The number of allylic oxidation sites excluding steroid dienone is 6. The van der Waals surface area contributed by atoms with E-state index in [1.807, 2.05) is 0 Å². The summed E-state index contributed by atoms with van der Waals surface area (Å²) < 4.78 is 16.5. The van der Waals surface area contributed by atoms with E-state index in [1.54, 1.807) is 0 Å². The molecule has 0 aromatic heterocycles. The third kappa shape index (κ3) is 30.7. The molecule has 0 radical (unpaired) electrons. The predicted octanol–water partition coefficient (Wildman–Crippen LogP) is 12.1. The van der Waals surface area contributed by atoms with Crippen molar-refractivity contribution in [3.63, 3.8) is 0 Å². The topological polar surface area (TPSA) is 94.2 Å². The van der Waals surface area contributed by atoms with Crippen LogP contribution in [0.15, 0.2) is 36.5 Å². The van der Waals surface area contributed by atoms with Crippen LogP contribution in [0.2, 0.25) is 0 Å². The van der Waals surface area contributed by atoms with Gasteiger partial charge in [0.1, 0.15) is 13.2 Å². The highest BCUT2D eigenvalue weighted by Gasteiger charge is 2.30. The second-order valence-electron chi connectivity index (χ2n) is 15.6. The van der Waals surface area contributed by atoms with Crippen LogP contribution in [0.25, 0.3) is 0 Å². The average Bonchev–Trinajstić information content (AvgIpc) is 3.13. The molecule has 1 rings (SSSR count). The molecule has 0 bridgehead atoms. The Hall–Kier alpha value is -2.61. The van der Waals surface area contributed by atoms with Crippen LogP contribution in [0.4, 0.5) is 4.79 Å².